The van der Waals surface area contributed by atoms with E-state index in [2.05, 4.69) is 27.0 Å². The Balaban J connectivity index is 1.68. The maximum Gasteiger partial charge on any atom is 0.257 e. The zero-order chi connectivity index (χ0) is 18.6. The van der Waals surface area contributed by atoms with Crippen molar-refractivity contribution < 1.29 is 4.79 Å². The first-order valence-corrected chi connectivity index (χ1v) is 9.45. The molecule has 1 fully saturated rings. The van der Waals surface area contributed by atoms with Gasteiger partial charge in [-0.2, -0.15) is 0 Å². The number of amides is 1. The van der Waals surface area contributed by atoms with E-state index in [4.69, 9.17) is 0 Å². The summed E-state index contributed by atoms with van der Waals surface area (Å²) in [6.07, 6.45) is 2.19. The molecule has 138 valence electrons. The van der Waals surface area contributed by atoms with E-state index in [1.165, 1.54) is 0 Å². The van der Waals surface area contributed by atoms with Gasteiger partial charge in [0.25, 0.3) is 5.91 Å². The molecule has 2 aromatic carbocycles. The molecule has 0 aliphatic carbocycles. The molecule has 1 aliphatic rings. The summed E-state index contributed by atoms with van der Waals surface area (Å²) in [6.45, 7) is 4.01. The van der Waals surface area contributed by atoms with Crippen molar-refractivity contribution in [2.45, 2.75) is 25.8 Å². The largest absolute Gasteiger partial charge is 0.382 e. The summed E-state index contributed by atoms with van der Waals surface area (Å²) >= 11 is 0. The zero-order valence-corrected chi connectivity index (χ0v) is 15.5. The molecule has 27 heavy (non-hydrogen) atoms. The van der Waals surface area contributed by atoms with Crippen molar-refractivity contribution in [2.75, 3.05) is 23.7 Å². The molecule has 1 aliphatic heterocycles. The van der Waals surface area contributed by atoms with Crippen LogP contribution in [-0.2, 0) is 0 Å². The fourth-order valence-electron chi connectivity index (χ4n) is 3.53. The van der Waals surface area contributed by atoms with Crippen molar-refractivity contribution in [2.24, 2.45) is 0 Å². The van der Waals surface area contributed by atoms with Gasteiger partial charge < -0.3 is 16.0 Å². The SMILES string of the molecule is Cc1ccc2c(NC3CCNCC3)ccc(C(=O)Nc3ccccc3)c2n1. The lowest BCUT2D eigenvalue weighted by Gasteiger charge is -2.25. The topological polar surface area (TPSA) is 66.0 Å². The highest BCUT2D eigenvalue weighted by molar-refractivity contribution is 6.13. The number of benzene rings is 2. The lowest BCUT2D eigenvalue weighted by molar-refractivity contribution is 0.102. The molecule has 1 saturated heterocycles. The zero-order valence-electron chi connectivity index (χ0n) is 15.5. The normalized spacial score (nSPS) is 14.9. The van der Waals surface area contributed by atoms with Crippen molar-refractivity contribution in [3.63, 3.8) is 0 Å². The van der Waals surface area contributed by atoms with E-state index < -0.39 is 0 Å². The molecule has 0 saturated carbocycles. The van der Waals surface area contributed by atoms with Gasteiger partial charge in [0.2, 0.25) is 0 Å². The molecule has 1 aromatic heterocycles. The second-order valence-corrected chi connectivity index (χ2v) is 7.00. The van der Waals surface area contributed by atoms with Gasteiger partial charge >= 0.3 is 0 Å². The Kier molecular flexibility index (Phi) is 5.03. The second kappa shape index (κ2) is 7.76. The van der Waals surface area contributed by atoms with Gasteiger partial charge in [-0.05, 0) is 69.3 Å². The number of pyridine rings is 1. The third-order valence-corrected chi connectivity index (χ3v) is 4.97. The molecular weight excluding hydrogens is 336 g/mol. The molecule has 0 radical (unpaired) electrons. The standard InChI is InChI=1S/C22H24N4O/c1-15-7-8-18-20(25-17-11-13-23-14-12-17)10-9-19(21(18)24-15)22(27)26-16-5-3-2-4-6-16/h2-10,17,23,25H,11-14H2,1H3,(H,26,27). The predicted molar refractivity (Wildman–Crippen MR) is 110 cm³/mol. The number of hydrogen-bond acceptors (Lipinski definition) is 4. The van der Waals surface area contributed by atoms with Crippen LogP contribution in [0.15, 0.2) is 54.6 Å². The minimum atomic E-state index is -0.141. The van der Waals surface area contributed by atoms with Gasteiger partial charge in [0.05, 0.1) is 11.1 Å². The van der Waals surface area contributed by atoms with Crippen molar-refractivity contribution in [1.82, 2.24) is 10.3 Å². The van der Waals surface area contributed by atoms with E-state index in [1.54, 1.807) is 0 Å². The number of piperidine rings is 1. The minimum Gasteiger partial charge on any atom is -0.382 e. The quantitative estimate of drug-likeness (QED) is 0.659. The molecule has 0 atom stereocenters. The smallest absolute Gasteiger partial charge is 0.257 e. The monoisotopic (exact) mass is 360 g/mol. The number of nitrogens with zero attached hydrogens (tertiary/aromatic N) is 1. The average molecular weight is 360 g/mol. The first-order valence-electron chi connectivity index (χ1n) is 9.45. The van der Waals surface area contributed by atoms with E-state index in [1.807, 2.05) is 55.5 Å². The lowest BCUT2D eigenvalue weighted by atomic mass is 10.0. The van der Waals surface area contributed by atoms with E-state index in [-0.39, 0.29) is 5.91 Å². The van der Waals surface area contributed by atoms with Crippen LogP contribution in [0.3, 0.4) is 0 Å². The first kappa shape index (κ1) is 17.5. The number of anilines is 2. The molecule has 2 heterocycles. The number of fused-ring (bicyclic) bond motifs is 1. The third kappa shape index (κ3) is 3.93. The van der Waals surface area contributed by atoms with E-state index in [0.29, 0.717) is 11.6 Å². The Morgan fingerprint density at radius 2 is 1.81 bits per heavy atom. The predicted octanol–water partition coefficient (Wildman–Crippen LogP) is 3.96. The maximum atomic E-state index is 12.9. The summed E-state index contributed by atoms with van der Waals surface area (Å²) < 4.78 is 0. The fourth-order valence-corrected chi connectivity index (χ4v) is 3.53. The third-order valence-electron chi connectivity index (χ3n) is 4.97. The molecule has 0 unspecified atom stereocenters. The second-order valence-electron chi connectivity index (χ2n) is 7.00. The number of carbonyl (C=O) groups is 1. The maximum absolute atomic E-state index is 12.9. The van der Waals surface area contributed by atoms with Gasteiger partial charge in [-0.25, -0.2) is 0 Å². The summed E-state index contributed by atoms with van der Waals surface area (Å²) in [5.41, 5.74) is 4.05. The summed E-state index contributed by atoms with van der Waals surface area (Å²) in [5, 5.41) is 11.0. The minimum absolute atomic E-state index is 0.141. The van der Waals surface area contributed by atoms with Gasteiger partial charge in [0.1, 0.15) is 0 Å². The Bertz CT molecular complexity index is 949. The number of carbonyl (C=O) groups excluding carboxylic acids is 1. The Hall–Kier alpha value is -2.92. The number of aryl methyl sites for hydroxylation is 1. The molecule has 4 rings (SSSR count). The Morgan fingerprint density at radius 3 is 2.59 bits per heavy atom. The molecule has 0 spiro atoms. The number of nitrogens with one attached hydrogen (secondary N) is 3. The van der Waals surface area contributed by atoms with Crippen LogP contribution in [0.5, 0.6) is 0 Å². The van der Waals surface area contributed by atoms with Crippen molar-refractivity contribution in [3.05, 3.63) is 65.9 Å². The lowest BCUT2D eigenvalue weighted by Crippen LogP contribution is -2.35. The highest BCUT2D eigenvalue weighted by Gasteiger charge is 2.17. The van der Waals surface area contributed by atoms with E-state index in [0.717, 1.165) is 53.9 Å². The Morgan fingerprint density at radius 1 is 1.04 bits per heavy atom. The van der Waals surface area contributed by atoms with Crippen LogP contribution in [0.4, 0.5) is 11.4 Å². The summed E-state index contributed by atoms with van der Waals surface area (Å²) in [7, 11) is 0. The van der Waals surface area contributed by atoms with E-state index in [9.17, 15) is 4.79 Å². The highest BCUT2D eigenvalue weighted by atomic mass is 16.1. The van der Waals surface area contributed by atoms with Crippen LogP contribution in [-0.4, -0.2) is 30.0 Å². The highest BCUT2D eigenvalue weighted by Crippen LogP contribution is 2.28. The molecule has 3 N–H and O–H groups in total. The number of hydrogen-bond donors (Lipinski definition) is 3. The molecule has 5 heteroatoms. The number of rotatable bonds is 4. The summed E-state index contributed by atoms with van der Waals surface area (Å²) in [4.78, 5) is 17.5. The number of para-hydroxylation sites is 1. The van der Waals surface area contributed by atoms with Gasteiger partial charge in [0.15, 0.2) is 0 Å². The van der Waals surface area contributed by atoms with Crippen LogP contribution in [0.1, 0.15) is 28.9 Å². The van der Waals surface area contributed by atoms with Gasteiger partial charge in [-0.1, -0.05) is 18.2 Å². The molecule has 1 amide bonds. The van der Waals surface area contributed by atoms with Crippen LogP contribution in [0.25, 0.3) is 10.9 Å². The van der Waals surface area contributed by atoms with Crippen molar-refractivity contribution in [3.8, 4) is 0 Å². The van der Waals surface area contributed by atoms with Crippen molar-refractivity contribution >= 4 is 28.2 Å². The molecule has 3 aromatic rings. The molecular formula is C22H24N4O. The molecule has 5 nitrogen and oxygen atoms in total. The van der Waals surface area contributed by atoms with Gasteiger partial charge in [-0.15, -0.1) is 0 Å². The summed E-state index contributed by atoms with van der Waals surface area (Å²) in [5.74, 6) is -0.141. The van der Waals surface area contributed by atoms with Crippen molar-refractivity contribution in [1.29, 1.82) is 0 Å². The van der Waals surface area contributed by atoms with Gasteiger partial charge in [0, 0.05) is 28.5 Å². The van der Waals surface area contributed by atoms with Crippen LogP contribution in [0.2, 0.25) is 0 Å². The Labute approximate surface area is 159 Å². The van der Waals surface area contributed by atoms with Crippen LogP contribution in [0, 0.1) is 6.92 Å². The van der Waals surface area contributed by atoms with E-state index >= 15 is 0 Å². The van der Waals surface area contributed by atoms with Crippen LogP contribution < -0.4 is 16.0 Å². The number of aromatic nitrogens is 1. The van der Waals surface area contributed by atoms with Crippen LogP contribution >= 0.6 is 0 Å². The average Bonchev–Trinajstić information content (AvgIpc) is 2.69. The fraction of sp³-hybridized carbons (Fsp3) is 0.273. The first-order chi connectivity index (χ1) is 13.2. The molecule has 0 bridgehead atoms. The summed E-state index contributed by atoms with van der Waals surface area (Å²) in [6, 6.07) is 17.9. The van der Waals surface area contributed by atoms with Gasteiger partial charge in [-0.3, -0.25) is 9.78 Å².